The average molecular weight is 495 g/mol. The lowest BCUT2D eigenvalue weighted by atomic mass is 10.2. The lowest BCUT2D eigenvalue weighted by molar-refractivity contribution is -0.147. The number of carbonyl (C=O) groups excluding carboxylic acids is 4. The molecule has 10 heteroatoms. The molecule has 176 valence electrons. The molecule has 0 unspecified atom stereocenters. The molecule has 0 atom stereocenters. The van der Waals surface area contributed by atoms with E-state index in [1.54, 1.807) is 24.3 Å². The van der Waals surface area contributed by atoms with Crippen LogP contribution >= 0.6 is 23.2 Å². The second kappa shape index (κ2) is 13.4. The molecule has 0 aromatic heterocycles. The highest BCUT2D eigenvalue weighted by molar-refractivity contribution is 6.35. The van der Waals surface area contributed by atoms with Crippen LogP contribution in [0.4, 0.5) is 11.4 Å². The molecular formula is C23H24Cl2N2O6. The lowest BCUT2D eigenvalue weighted by Crippen LogP contribution is -2.22. The Hall–Kier alpha value is -3.10. The minimum atomic E-state index is -0.717. The molecule has 0 fully saturated rings. The Labute approximate surface area is 201 Å². The number of hydrogen-bond donors (Lipinski definition) is 2. The molecule has 0 aliphatic heterocycles. The van der Waals surface area contributed by atoms with Gasteiger partial charge in [0.25, 0.3) is 5.91 Å². The molecule has 33 heavy (non-hydrogen) atoms. The first-order valence-electron chi connectivity index (χ1n) is 10.3. The molecule has 0 saturated heterocycles. The van der Waals surface area contributed by atoms with E-state index in [-0.39, 0.29) is 17.9 Å². The number of carbonyl (C=O) groups is 4. The van der Waals surface area contributed by atoms with Crippen molar-refractivity contribution in [2.45, 2.75) is 32.6 Å². The van der Waals surface area contributed by atoms with Gasteiger partial charge in [-0.2, -0.15) is 0 Å². The summed E-state index contributed by atoms with van der Waals surface area (Å²) in [5.74, 6) is -2.23. The number of halogens is 2. The van der Waals surface area contributed by atoms with Gasteiger partial charge in [0.15, 0.2) is 6.61 Å². The monoisotopic (exact) mass is 494 g/mol. The van der Waals surface area contributed by atoms with Crippen molar-refractivity contribution in [2.75, 3.05) is 23.8 Å². The summed E-state index contributed by atoms with van der Waals surface area (Å²) in [6, 6.07) is 10.9. The number of nitrogens with one attached hydrogen (secondary N) is 2. The maximum Gasteiger partial charge on any atom is 0.338 e. The van der Waals surface area contributed by atoms with Crippen LogP contribution in [0.15, 0.2) is 42.5 Å². The Bertz CT molecular complexity index is 1010. The molecule has 0 bridgehead atoms. The number of unbranched alkanes of at least 4 members (excludes halogenated alkanes) is 1. The lowest BCUT2D eigenvalue weighted by Gasteiger charge is -2.09. The van der Waals surface area contributed by atoms with E-state index < -0.39 is 30.4 Å². The molecule has 2 aromatic rings. The second-order valence-corrected chi connectivity index (χ2v) is 7.80. The quantitative estimate of drug-likeness (QED) is 0.341. The zero-order chi connectivity index (χ0) is 24.2. The third kappa shape index (κ3) is 9.51. The third-order valence-corrected chi connectivity index (χ3v) is 4.80. The van der Waals surface area contributed by atoms with Crippen LogP contribution in [0.25, 0.3) is 0 Å². The second-order valence-electron chi connectivity index (χ2n) is 6.95. The number of benzene rings is 2. The van der Waals surface area contributed by atoms with Crippen molar-refractivity contribution < 1.29 is 28.7 Å². The van der Waals surface area contributed by atoms with Crippen LogP contribution < -0.4 is 10.6 Å². The van der Waals surface area contributed by atoms with Gasteiger partial charge in [-0.1, -0.05) is 42.6 Å². The zero-order valence-electron chi connectivity index (χ0n) is 18.0. The van der Waals surface area contributed by atoms with Crippen molar-refractivity contribution in [1.29, 1.82) is 0 Å². The van der Waals surface area contributed by atoms with Crippen molar-refractivity contribution in [2.24, 2.45) is 0 Å². The van der Waals surface area contributed by atoms with Crippen molar-refractivity contribution in [3.63, 3.8) is 0 Å². The molecule has 0 aliphatic carbocycles. The molecule has 2 amide bonds. The first-order chi connectivity index (χ1) is 15.8. The van der Waals surface area contributed by atoms with Crippen LogP contribution in [0.1, 0.15) is 43.0 Å². The Morgan fingerprint density at radius 3 is 2.45 bits per heavy atom. The van der Waals surface area contributed by atoms with Gasteiger partial charge in [-0.25, -0.2) is 4.79 Å². The SMILES string of the molecule is CCCCOC(=O)c1cccc(NC(=O)CCC(=O)OCC(=O)Nc2cc(Cl)ccc2Cl)c1. The van der Waals surface area contributed by atoms with E-state index in [2.05, 4.69) is 10.6 Å². The largest absolute Gasteiger partial charge is 0.462 e. The number of amides is 2. The van der Waals surface area contributed by atoms with Crippen LogP contribution in [0.3, 0.4) is 0 Å². The first kappa shape index (κ1) is 26.2. The molecule has 2 N–H and O–H groups in total. The number of anilines is 2. The minimum absolute atomic E-state index is 0.161. The molecule has 0 aliphatic rings. The fraction of sp³-hybridized carbons (Fsp3) is 0.304. The molecule has 2 aromatic carbocycles. The van der Waals surface area contributed by atoms with E-state index in [0.29, 0.717) is 28.6 Å². The fourth-order valence-electron chi connectivity index (χ4n) is 2.55. The fourth-order valence-corrected chi connectivity index (χ4v) is 2.89. The van der Waals surface area contributed by atoms with Gasteiger partial charge in [0.1, 0.15) is 0 Å². The highest BCUT2D eigenvalue weighted by atomic mass is 35.5. The summed E-state index contributed by atoms with van der Waals surface area (Å²) in [5, 5.41) is 5.76. The summed E-state index contributed by atoms with van der Waals surface area (Å²) < 4.78 is 10.0. The van der Waals surface area contributed by atoms with E-state index in [4.69, 9.17) is 32.7 Å². The molecule has 0 radical (unpaired) electrons. The van der Waals surface area contributed by atoms with Crippen molar-refractivity contribution in [3.8, 4) is 0 Å². The van der Waals surface area contributed by atoms with Gasteiger partial charge in [0, 0.05) is 17.1 Å². The highest BCUT2D eigenvalue weighted by Crippen LogP contribution is 2.25. The van der Waals surface area contributed by atoms with Gasteiger partial charge < -0.3 is 20.1 Å². The summed E-state index contributed by atoms with van der Waals surface area (Å²) in [6.45, 7) is 1.79. The van der Waals surface area contributed by atoms with Crippen LogP contribution in [0.5, 0.6) is 0 Å². The van der Waals surface area contributed by atoms with Gasteiger partial charge in [0.05, 0.1) is 29.3 Å². The molecule has 8 nitrogen and oxygen atoms in total. The average Bonchev–Trinajstić information content (AvgIpc) is 2.79. The van der Waals surface area contributed by atoms with E-state index in [9.17, 15) is 19.2 Å². The number of hydrogen-bond acceptors (Lipinski definition) is 6. The molecule has 0 saturated carbocycles. The maximum absolute atomic E-state index is 12.1. The van der Waals surface area contributed by atoms with Crippen LogP contribution in [-0.2, 0) is 23.9 Å². The zero-order valence-corrected chi connectivity index (χ0v) is 19.5. The van der Waals surface area contributed by atoms with Gasteiger partial charge in [-0.15, -0.1) is 0 Å². The first-order valence-corrected chi connectivity index (χ1v) is 11.0. The summed E-state index contributed by atoms with van der Waals surface area (Å²) in [4.78, 5) is 47.9. The smallest absolute Gasteiger partial charge is 0.338 e. The van der Waals surface area contributed by atoms with Gasteiger partial charge in [-0.3, -0.25) is 14.4 Å². The number of ether oxygens (including phenoxy) is 2. The van der Waals surface area contributed by atoms with Crippen LogP contribution in [-0.4, -0.2) is 37.0 Å². The van der Waals surface area contributed by atoms with Crippen LogP contribution in [0.2, 0.25) is 10.0 Å². The Morgan fingerprint density at radius 1 is 0.909 bits per heavy atom. The molecule has 2 rings (SSSR count). The Morgan fingerprint density at radius 2 is 1.70 bits per heavy atom. The predicted octanol–water partition coefficient (Wildman–Crippen LogP) is 4.85. The van der Waals surface area contributed by atoms with Crippen molar-refractivity contribution in [3.05, 3.63) is 58.1 Å². The summed E-state index contributed by atoms with van der Waals surface area (Å²) in [7, 11) is 0. The Balaban J connectivity index is 1.74. The standard InChI is InChI=1S/C23H24Cl2N2O6/c1-2-3-11-32-23(31)15-5-4-6-17(12-15)26-20(28)9-10-22(30)33-14-21(29)27-19-13-16(24)7-8-18(19)25/h4-8,12-13H,2-3,9-11,14H2,1H3,(H,26,28)(H,27,29). The van der Waals surface area contributed by atoms with E-state index in [1.807, 2.05) is 6.92 Å². The minimum Gasteiger partial charge on any atom is -0.462 e. The maximum atomic E-state index is 12.1. The molecular weight excluding hydrogens is 471 g/mol. The third-order valence-electron chi connectivity index (χ3n) is 4.24. The summed E-state index contributed by atoms with van der Waals surface area (Å²) in [6.07, 6.45) is 1.29. The van der Waals surface area contributed by atoms with Gasteiger partial charge in [-0.05, 0) is 42.8 Å². The van der Waals surface area contributed by atoms with Gasteiger partial charge >= 0.3 is 11.9 Å². The highest BCUT2D eigenvalue weighted by Gasteiger charge is 2.13. The predicted molar refractivity (Wildman–Crippen MR) is 126 cm³/mol. The van der Waals surface area contributed by atoms with Crippen LogP contribution in [0, 0.1) is 0 Å². The molecule has 0 heterocycles. The number of esters is 2. The number of rotatable bonds is 11. The van der Waals surface area contributed by atoms with E-state index in [0.717, 1.165) is 12.8 Å². The van der Waals surface area contributed by atoms with Crippen molar-refractivity contribution in [1.82, 2.24) is 0 Å². The Kier molecular flexibility index (Phi) is 10.7. The van der Waals surface area contributed by atoms with Crippen molar-refractivity contribution >= 4 is 58.3 Å². The topological polar surface area (TPSA) is 111 Å². The van der Waals surface area contributed by atoms with E-state index >= 15 is 0 Å². The molecule has 0 spiro atoms. The normalized spacial score (nSPS) is 10.3. The van der Waals surface area contributed by atoms with E-state index in [1.165, 1.54) is 18.2 Å². The summed E-state index contributed by atoms with van der Waals surface area (Å²) in [5.41, 5.74) is 1.01. The van der Waals surface area contributed by atoms with Gasteiger partial charge in [0.2, 0.25) is 5.91 Å². The summed E-state index contributed by atoms with van der Waals surface area (Å²) >= 11 is 11.8.